The highest BCUT2D eigenvalue weighted by Crippen LogP contribution is 2.23. The topological polar surface area (TPSA) is 49.6 Å². The zero-order valence-corrected chi connectivity index (χ0v) is 11.6. The van der Waals surface area contributed by atoms with Gasteiger partial charge in [0, 0.05) is 18.0 Å². The molecule has 0 unspecified atom stereocenters. The zero-order chi connectivity index (χ0) is 14.7. The molecule has 0 N–H and O–H groups in total. The largest absolute Gasteiger partial charge is 0.236 e. The lowest BCUT2D eigenvalue weighted by atomic mass is 10.0. The quantitative estimate of drug-likeness (QED) is 0.708. The van der Waals surface area contributed by atoms with E-state index in [2.05, 4.69) is 16.0 Å². The minimum absolute atomic E-state index is 0.670. The molecule has 3 heteroatoms. The van der Waals surface area contributed by atoms with Gasteiger partial charge in [0.25, 0.3) is 0 Å². The van der Waals surface area contributed by atoms with E-state index in [1.54, 1.807) is 0 Å². The molecular formula is C18H13N3. The normalized spacial score (nSPS) is 10.1. The molecule has 0 saturated carbocycles. The van der Waals surface area contributed by atoms with Crippen LogP contribution in [-0.2, 0) is 0 Å². The Kier molecular flexibility index (Phi) is 3.44. The molecule has 21 heavy (non-hydrogen) atoms. The summed E-state index contributed by atoms with van der Waals surface area (Å²) in [5, 5.41) is 8.82. The van der Waals surface area contributed by atoms with Crippen molar-refractivity contribution in [3.63, 3.8) is 0 Å². The Morgan fingerprint density at radius 3 is 1.76 bits per heavy atom. The van der Waals surface area contributed by atoms with Crippen molar-refractivity contribution in [2.24, 2.45) is 0 Å². The first-order valence-corrected chi connectivity index (χ1v) is 6.66. The van der Waals surface area contributed by atoms with Crippen molar-refractivity contribution in [2.45, 2.75) is 6.92 Å². The van der Waals surface area contributed by atoms with E-state index in [1.165, 1.54) is 0 Å². The van der Waals surface area contributed by atoms with E-state index in [4.69, 9.17) is 5.26 Å². The number of rotatable bonds is 2. The first-order valence-electron chi connectivity index (χ1n) is 6.66. The van der Waals surface area contributed by atoms with Crippen LogP contribution in [0.15, 0.2) is 60.9 Å². The summed E-state index contributed by atoms with van der Waals surface area (Å²) in [6, 6.07) is 17.8. The van der Waals surface area contributed by atoms with Crippen molar-refractivity contribution >= 4 is 0 Å². The third-order valence-corrected chi connectivity index (χ3v) is 3.27. The summed E-state index contributed by atoms with van der Waals surface area (Å²) in [6.45, 7) is 1.97. The maximum Gasteiger partial charge on any atom is 0.159 e. The molecule has 0 radical (unpaired) electrons. The van der Waals surface area contributed by atoms with Crippen molar-refractivity contribution in [3.8, 4) is 28.6 Å². The zero-order valence-electron chi connectivity index (χ0n) is 11.6. The van der Waals surface area contributed by atoms with Crippen LogP contribution < -0.4 is 0 Å². The fourth-order valence-corrected chi connectivity index (χ4v) is 2.09. The van der Waals surface area contributed by atoms with Gasteiger partial charge >= 0.3 is 0 Å². The Morgan fingerprint density at radius 1 is 0.762 bits per heavy atom. The molecule has 100 valence electrons. The minimum Gasteiger partial charge on any atom is -0.236 e. The number of nitrogens with zero attached hydrogens (tertiary/aromatic N) is 3. The predicted octanol–water partition coefficient (Wildman–Crippen LogP) is 3.99. The third kappa shape index (κ3) is 2.80. The molecule has 3 aromatic rings. The standard InChI is InChI=1S/C18H13N3/c1-13-11-20-18(21-12-13)17-8-6-16(7-9-17)15-4-2-14(10-19)3-5-15/h2-9,11-12H,1H3. The number of benzene rings is 2. The van der Waals surface area contributed by atoms with Crippen LogP contribution in [0.2, 0.25) is 0 Å². The molecule has 0 amide bonds. The summed E-state index contributed by atoms with van der Waals surface area (Å²) in [5.74, 6) is 0.729. The molecule has 0 aliphatic heterocycles. The van der Waals surface area contributed by atoms with Crippen molar-refractivity contribution in [1.29, 1.82) is 5.26 Å². The maximum atomic E-state index is 8.82. The third-order valence-electron chi connectivity index (χ3n) is 3.27. The maximum absolute atomic E-state index is 8.82. The Balaban J connectivity index is 1.89. The van der Waals surface area contributed by atoms with Gasteiger partial charge in [-0.1, -0.05) is 36.4 Å². The number of nitriles is 1. The molecule has 2 aromatic carbocycles. The molecule has 1 aromatic heterocycles. The van der Waals surface area contributed by atoms with Gasteiger partial charge in [0.1, 0.15) is 0 Å². The van der Waals surface area contributed by atoms with Crippen LogP contribution in [0, 0.1) is 18.3 Å². The van der Waals surface area contributed by atoms with E-state index in [0.717, 1.165) is 28.1 Å². The second-order valence-corrected chi connectivity index (χ2v) is 4.85. The van der Waals surface area contributed by atoms with E-state index in [-0.39, 0.29) is 0 Å². The van der Waals surface area contributed by atoms with Crippen molar-refractivity contribution in [1.82, 2.24) is 9.97 Å². The number of aryl methyl sites for hydroxylation is 1. The van der Waals surface area contributed by atoms with Gasteiger partial charge in [-0.15, -0.1) is 0 Å². The van der Waals surface area contributed by atoms with Gasteiger partial charge in [-0.2, -0.15) is 5.26 Å². The SMILES string of the molecule is Cc1cnc(-c2ccc(-c3ccc(C#N)cc3)cc2)nc1. The van der Waals surface area contributed by atoms with Gasteiger partial charge in [0.2, 0.25) is 0 Å². The van der Waals surface area contributed by atoms with Crippen LogP contribution in [0.4, 0.5) is 0 Å². The Morgan fingerprint density at radius 2 is 1.24 bits per heavy atom. The van der Waals surface area contributed by atoms with Gasteiger partial charge < -0.3 is 0 Å². The van der Waals surface area contributed by atoms with Crippen molar-refractivity contribution in [2.75, 3.05) is 0 Å². The van der Waals surface area contributed by atoms with Crippen LogP contribution in [0.5, 0.6) is 0 Å². The fourth-order valence-electron chi connectivity index (χ4n) is 2.09. The van der Waals surface area contributed by atoms with Gasteiger partial charge in [0.05, 0.1) is 11.6 Å². The van der Waals surface area contributed by atoms with Crippen LogP contribution in [-0.4, -0.2) is 9.97 Å². The molecule has 3 rings (SSSR count). The highest BCUT2D eigenvalue weighted by molar-refractivity contribution is 5.68. The molecular weight excluding hydrogens is 258 g/mol. The minimum atomic E-state index is 0.670. The summed E-state index contributed by atoms with van der Waals surface area (Å²) >= 11 is 0. The summed E-state index contributed by atoms with van der Waals surface area (Å²) in [6.07, 6.45) is 3.63. The van der Waals surface area contributed by atoms with E-state index in [1.807, 2.05) is 67.8 Å². The first-order chi connectivity index (χ1) is 10.3. The lowest BCUT2D eigenvalue weighted by Gasteiger charge is -2.04. The van der Waals surface area contributed by atoms with Crippen molar-refractivity contribution in [3.05, 3.63) is 72.1 Å². The van der Waals surface area contributed by atoms with Crippen LogP contribution >= 0.6 is 0 Å². The molecule has 0 fully saturated rings. The molecule has 0 atom stereocenters. The smallest absolute Gasteiger partial charge is 0.159 e. The lowest BCUT2D eigenvalue weighted by Crippen LogP contribution is -1.89. The van der Waals surface area contributed by atoms with Crippen LogP contribution in [0.1, 0.15) is 11.1 Å². The predicted molar refractivity (Wildman–Crippen MR) is 82.4 cm³/mol. The summed E-state index contributed by atoms with van der Waals surface area (Å²) in [4.78, 5) is 8.65. The first kappa shape index (κ1) is 13.0. The highest BCUT2D eigenvalue weighted by atomic mass is 14.9. The fraction of sp³-hybridized carbons (Fsp3) is 0.0556. The average Bonchev–Trinajstić information content (AvgIpc) is 2.56. The number of hydrogen-bond donors (Lipinski definition) is 0. The van der Waals surface area contributed by atoms with E-state index < -0.39 is 0 Å². The lowest BCUT2D eigenvalue weighted by molar-refractivity contribution is 1.14. The molecule has 3 nitrogen and oxygen atoms in total. The summed E-state index contributed by atoms with van der Waals surface area (Å²) < 4.78 is 0. The number of hydrogen-bond acceptors (Lipinski definition) is 3. The molecule has 0 aliphatic rings. The van der Waals surface area contributed by atoms with Crippen LogP contribution in [0.3, 0.4) is 0 Å². The molecule has 0 saturated heterocycles. The second-order valence-electron chi connectivity index (χ2n) is 4.85. The average molecular weight is 271 g/mol. The highest BCUT2D eigenvalue weighted by Gasteiger charge is 2.02. The van der Waals surface area contributed by atoms with Gasteiger partial charge in [0.15, 0.2) is 5.82 Å². The second kappa shape index (κ2) is 5.56. The van der Waals surface area contributed by atoms with Gasteiger partial charge in [-0.3, -0.25) is 0 Å². The molecule has 0 bridgehead atoms. The number of aromatic nitrogens is 2. The van der Waals surface area contributed by atoms with E-state index in [0.29, 0.717) is 5.56 Å². The molecule has 0 aliphatic carbocycles. The van der Waals surface area contributed by atoms with Gasteiger partial charge in [-0.05, 0) is 35.7 Å². The van der Waals surface area contributed by atoms with Gasteiger partial charge in [-0.25, -0.2) is 9.97 Å². The Bertz CT molecular complexity index is 780. The van der Waals surface area contributed by atoms with Crippen molar-refractivity contribution < 1.29 is 0 Å². The summed E-state index contributed by atoms with van der Waals surface area (Å²) in [5.41, 5.74) is 4.91. The monoisotopic (exact) mass is 271 g/mol. The Labute approximate surface area is 123 Å². The Hall–Kier alpha value is -2.99. The molecule has 1 heterocycles. The van der Waals surface area contributed by atoms with Crippen LogP contribution in [0.25, 0.3) is 22.5 Å². The van der Waals surface area contributed by atoms with E-state index in [9.17, 15) is 0 Å². The summed E-state index contributed by atoms with van der Waals surface area (Å²) in [7, 11) is 0. The molecule has 0 spiro atoms. The van der Waals surface area contributed by atoms with E-state index >= 15 is 0 Å².